The van der Waals surface area contributed by atoms with Crippen LogP contribution in [0.25, 0.3) is 0 Å². The normalized spacial score (nSPS) is 13.5. The molecule has 0 aliphatic rings. The summed E-state index contributed by atoms with van der Waals surface area (Å²) in [6.45, 7) is 4.22. The van der Waals surface area contributed by atoms with E-state index in [9.17, 15) is 9.90 Å². The molecule has 0 aromatic heterocycles. The van der Waals surface area contributed by atoms with Gasteiger partial charge in [-0.2, -0.15) is 0 Å². The van der Waals surface area contributed by atoms with Crippen LogP contribution in [0.4, 0.5) is 0 Å². The van der Waals surface area contributed by atoms with Gasteiger partial charge in [-0.15, -0.1) is 0 Å². The number of aliphatic hydroxyl groups excluding tert-OH is 1. The molecule has 0 rings (SSSR count). The van der Waals surface area contributed by atoms with Gasteiger partial charge < -0.3 is 9.84 Å². The molecular formula is C12H20O3. The molecule has 0 aliphatic heterocycles. The van der Waals surface area contributed by atoms with E-state index in [4.69, 9.17) is 4.74 Å². The Labute approximate surface area is 91.4 Å². The lowest BCUT2D eigenvalue weighted by Crippen LogP contribution is -2.01. The molecular weight excluding hydrogens is 192 g/mol. The molecule has 0 unspecified atom stereocenters. The molecule has 0 saturated heterocycles. The minimum absolute atomic E-state index is 0.356. The maximum Gasteiger partial charge on any atom is 0.330 e. The van der Waals surface area contributed by atoms with E-state index >= 15 is 0 Å². The number of esters is 1. The predicted octanol–water partition coefficient (Wildman–Crippen LogP) is 2.21. The van der Waals surface area contributed by atoms with Gasteiger partial charge in [0.15, 0.2) is 0 Å². The van der Waals surface area contributed by atoms with Crippen molar-refractivity contribution in [2.75, 3.05) is 6.61 Å². The van der Waals surface area contributed by atoms with Crippen molar-refractivity contribution in [2.45, 2.75) is 39.2 Å². The average molecular weight is 212 g/mol. The summed E-state index contributed by atoms with van der Waals surface area (Å²) in [5, 5.41) is 9.41. The third-order valence-electron chi connectivity index (χ3n) is 1.82. The molecule has 15 heavy (non-hydrogen) atoms. The minimum atomic E-state index is -0.420. The van der Waals surface area contributed by atoms with Crippen LogP contribution in [0, 0.1) is 0 Å². The SMILES string of the molecule is CCCC[C@H](O)/C=C/C=C/C(=O)OCC. The van der Waals surface area contributed by atoms with Gasteiger partial charge in [-0.3, -0.25) is 0 Å². The zero-order valence-corrected chi connectivity index (χ0v) is 9.48. The molecule has 0 amide bonds. The topological polar surface area (TPSA) is 46.5 Å². The van der Waals surface area contributed by atoms with Crippen LogP contribution in [0.5, 0.6) is 0 Å². The first kappa shape index (κ1) is 13.9. The van der Waals surface area contributed by atoms with E-state index in [0.29, 0.717) is 6.61 Å². The quantitative estimate of drug-likeness (QED) is 0.400. The molecule has 3 nitrogen and oxygen atoms in total. The highest BCUT2D eigenvalue weighted by Crippen LogP contribution is 2.01. The number of unbranched alkanes of at least 4 members (excludes halogenated alkanes) is 1. The van der Waals surface area contributed by atoms with E-state index in [2.05, 4.69) is 6.92 Å². The fourth-order valence-corrected chi connectivity index (χ4v) is 1.03. The summed E-state index contributed by atoms with van der Waals surface area (Å²) >= 11 is 0. The number of carbonyl (C=O) groups is 1. The van der Waals surface area contributed by atoms with Gasteiger partial charge >= 0.3 is 5.97 Å². The Balaban J connectivity index is 3.72. The molecule has 0 fully saturated rings. The Hall–Kier alpha value is -1.09. The van der Waals surface area contributed by atoms with E-state index < -0.39 is 6.10 Å². The number of hydrogen-bond donors (Lipinski definition) is 1. The molecule has 0 bridgehead atoms. The van der Waals surface area contributed by atoms with Crippen LogP contribution < -0.4 is 0 Å². The summed E-state index contributed by atoms with van der Waals surface area (Å²) < 4.78 is 4.69. The monoisotopic (exact) mass is 212 g/mol. The van der Waals surface area contributed by atoms with Crippen molar-refractivity contribution >= 4 is 5.97 Å². The second-order valence-electron chi connectivity index (χ2n) is 3.21. The van der Waals surface area contributed by atoms with Crippen molar-refractivity contribution < 1.29 is 14.6 Å². The Morgan fingerprint density at radius 2 is 2.13 bits per heavy atom. The summed E-state index contributed by atoms with van der Waals surface area (Å²) in [7, 11) is 0. The van der Waals surface area contributed by atoms with Crippen LogP contribution >= 0.6 is 0 Å². The van der Waals surface area contributed by atoms with E-state index in [1.165, 1.54) is 6.08 Å². The number of ether oxygens (including phenoxy) is 1. The van der Waals surface area contributed by atoms with Crippen molar-refractivity contribution in [2.24, 2.45) is 0 Å². The fourth-order valence-electron chi connectivity index (χ4n) is 1.03. The summed E-state index contributed by atoms with van der Waals surface area (Å²) in [5.41, 5.74) is 0. The van der Waals surface area contributed by atoms with E-state index in [1.807, 2.05) is 0 Å². The molecule has 86 valence electrons. The molecule has 0 aromatic carbocycles. The summed E-state index contributed by atoms with van der Waals surface area (Å²) in [5.74, 6) is -0.356. The maximum atomic E-state index is 10.9. The standard InChI is InChI=1S/C12H20O3/c1-3-5-8-11(13)9-6-7-10-12(14)15-4-2/h6-7,9-11,13H,3-5,8H2,1-2H3/b9-6+,10-7+/t11-/m0/s1. The minimum Gasteiger partial charge on any atom is -0.463 e. The van der Waals surface area contributed by atoms with Crippen LogP contribution in [0.15, 0.2) is 24.3 Å². The van der Waals surface area contributed by atoms with Gasteiger partial charge in [-0.1, -0.05) is 38.0 Å². The third-order valence-corrected chi connectivity index (χ3v) is 1.82. The number of rotatable bonds is 7. The lowest BCUT2D eigenvalue weighted by atomic mass is 10.1. The van der Waals surface area contributed by atoms with E-state index in [1.54, 1.807) is 25.2 Å². The van der Waals surface area contributed by atoms with Crippen LogP contribution in [-0.2, 0) is 9.53 Å². The van der Waals surface area contributed by atoms with Crippen LogP contribution in [-0.4, -0.2) is 23.8 Å². The summed E-state index contributed by atoms with van der Waals surface area (Å²) in [4.78, 5) is 10.9. The first-order valence-corrected chi connectivity index (χ1v) is 5.40. The van der Waals surface area contributed by atoms with Crippen molar-refractivity contribution in [3.8, 4) is 0 Å². The van der Waals surface area contributed by atoms with Gasteiger partial charge in [-0.05, 0) is 13.3 Å². The van der Waals surface area contributed by atoms with Crippen molar-refractivity contribution in [3.05, 3.63) is 24.3 Å². The summed E-state index contributed by atoms with van der Waals surface area (Å²) in [6.07, 6.45) is 8.68. The third kappa shape index (κ3) is 9.22. The van der Waals surface area contributed by atoms with E-state index in [0.717, 1.165) is 19.3 Å². The number of hydrogen-bond acceptors (Lipinski definition) is 3. The lowest BCUT2D eigenvalue weighted by Gasteiger charge is -2.01. The van der Waals surface area contributed by atoms with Crippen LogP contribution in [0.2, 0.25) is 0 Å². The highest BCUT2D eigenvalue weighted by atomic mass is 16.5. The van der Waals surface area contributed by atoms with Crippen LogP contribution in [0.3, 0.4) is 0 Å². The Kier molecular flexibility index (Phi) is 8.78. The highest BCUT2D eigenvalue weighted by Gasteiger charge is 1.96. The van der Waals surface area contributed by atoms with Crippen molar-refractivity contribution in [1.82, 2.24) is 0 Å². The molecule has 0 spiro atoms. The zero-order valence-electron chi connectivity index (χ0n) is 9.48. The van der Waals surface area contributed by atoms with Gasteiger partial charge in [0.1, 0.15) is 0 Å². The number of carbonyl (C=O) groups excluding carboxylic acids is 1. The van der Waals surface area contributed by atoms with Gasteiger partial charge in [-0.25, -0.2) is 4.79 Å². The first-order chi connectivity index (χ1) is 7.20. The average Bonchev–Trinajstić information content (AvgIpc) is 2.22. The van der Waals surface area contributed by atoms with Crippen molar-refractivity contribution in [3.63, 3.8) is 0 Å². The molecule has 0 heterocycles. The molecule has 0 aromatic rings. The largest absolute Gasteiger partial charge is 0.463 e. The molecule has 1 N–H and O–H groups in total. The Morgan fingerprint density at radius 1 is 1.40 bits per heavy atom. The summed E-state index contributed by atoms with van der Waals surface area (Å²) in [6, 6.07) is 0. The van der Waals surface area contributed by atoms with Crippen LogP contribution in [0.1, 0.15) is 33.1 Å². The predicted molar refractivity (Wildman–Crippen MR) is 60.4 cm³/mol. The number of allylic oxidation sites excluding steroid dienone is 2. The second-order valence-corrected chi connectivity index (χ2v) is 3.21. The van der Waals surface area contributed by atoms with Gasteiger partial charge in [0, 0.05) is 6.08 Å². The molecule has 1 atom stereocenters. The second kappa shape index (κ2) is 9.46. The smallest absolute Gasteiger partial charge is 0.330 e. The zero-order chi connectivity index (χ0) is 11.5. The van der Waals surface area contributed by atoms with Gasteiger partial charge in [0.2, 0.25) is 0 Å². The van der Waals surface area contributed by atoms with E-state index in [-0.39, 0.29) is 5.97 Å². The maximum absolute atomic E-state index is 10.9. The fraction of sp³-hybridized carbons (Fsp3) is 0.583. The highest BCUT2D eigenvalue weighted by molar-refractivity contribution is 5.82. The molecule has 0 aliphatic carbocycles. The Bertz CT molecular complexity index is 219. The molecule has 0 saturated carbocycles. The van der Waals surface area contributed by atoms with Crippen molar-refractivity contribution in [1.29, 1.82) is 0 Å². The van der Waals surface area contributed by atoms with Gasteiger partial charge in [0.25, 0.3) is 0 Å². The van der Waals surface area contributed by atoms with Gasteiger partial charge in [0.05, 0.1) is 12.7 Å². The number of aliphatic hydroxyl groups is 1. The first-order valence-electron chi connectivity index (χ1n) is 5.40. The Morgan fingerprint density at radius 3 is 2.73 bits per heavy atom. The molecule has 0 radical (unpaired) electrons. The molecule has 3 heteroatoms. The lowest BCUT2D eigenvalue weighted by molar-refractivity contribution is -0.137.